The van der Waals surface area contributed by atoms with Crippen molar-refractivity contribution in [2.45, 2.75) is 23.3 Å². The molecule has 1 aliphatic rings. The third-order valence-corrected chi connectivity index (χ3v) is 6.14. The smallest absolute Gasteiger partial charge is 0.259 e. The van der Waals surface area contributed by atoms with Gasteiger partial charge in [-0.2, -0.15) is 0 Å². The minimum Gasteiger partial charge on any atom is -0.497 e. The van der Waals surface area contributed by atoms with E-state index in [9.17, 15) is 9.59 Å². The fourth-order valence-electron chi connectivity index (χ4n) is 3.44. The number of hydrogen-bond donors (Lipinski definition) is 1. The lowest BCUT2D eigenvalue weighted by Crippen LogP contribution is -2.31. The fraction of sp³-hybridized carbons (Fsp3) is 0.167. The second-order valence-electron chi connectivity index (χ2n) is 6.86. The first-order chi connectivity index (χ1) is 14.6. The number of rotatable bonds is 5. The quantitative estimate of drug-likeness (QED) is 0.649. The van der Waals surface area contributed by atoms with Crippen LogP contribution in [0.2, 0.25) is 0 Å². The van der Waals surface area contributed by atoms with Crippen molar-refractivity contribution < 1.29 is 14.3 Å². The first-order valence-electron chi connectivity index (χ1n) is 9.74. The number of ether oxygens (including phenoxy) is 1. The fourth-order valence-corrected chi connectivity index (χ4v) is 4.50. The Hall–Kier alpha value is -3.25. The summed E-state index contributed by atoms with van der Waals surface area (Å²) in [7, 11) is 1.62. The van der Waals surface area contributed by atoms with Crippen LogP contribution in [0.1, 0.15) is 33.2 Å². The lowest BCUT2D eigenvalue weighted by Gasteiger charge is -2.21. The van der Waals surface area contributed by atoms with E-state index < -0.39 is 0 Å². The Morgan fingerprint density at radius 2 is 1.87 bits per heavy atom. The molecule has 152 valence electrons. The molecule has 1 aliphatic heterocycles. The monoisotopic (exact) mass is 418 g/mol. The van der Waals surface area contributed by atoms with Crippen LogP contribution in [0.3, 0.4) is 0 Å². The Bertz CT molecular complexity index is 1110. The SMILES string of the molecule is CCN1C(=O)c2ccccc2Sc2ccc(C(=O)NCc3cccc(OC)c3)cc21. The first kappa shape index (κ1) is 20.0. The van der Waals surface area contributed by atoms with Crippen molar-refractivity contribution in [1.29, 1.82) is 0 Å². The summed E-state index contributed by atoms with van der Waals surface area (Å²) in [6.07, 6.45) is 0. The highest BCUT2D eigenvalue weighted by molar-refractivity contribution is 7.99. The van der Waals surface area contributed by atoms with E-state index in [1.807, 2.05) is 61.5 Å². The molecule has 0 atom stereocenters. The Kier molecular flexibility index (Phi) is 5.77. The molecule has 0 radical (unpaired) electrons. The van der Waals surface area contributed by atoms with Gasteiger partial charge in [0, 0.05) is 28.4 Å². The molecule has 30 heavy (non-hydrogen) atoms. The minimum atomic E-state index is -0.184. The van der Waals surface area contributed by atoms with E-state index in [4.69, 9.17) is 4.74 Å². The zero-order valence-electron chi connectivity index (χ0n) is 16.8. The first-order valence-corrected chi connectivity index (χ1v) is 10.6. The van der Waals surface area contributed by atoms with Crippen LogP contribution in [0, 0.1) is 0 Å². The van der Waals surface area contributed by atoms with E-state index in [0.29, 0.717) is 24.2 Å². The molecule has 3 aromatic rings. The van der Waals surface area contributed by atoms with Crippen LogP contribution in [0.4, 0.5) is 5.69 Å². The highest BCUT2D eigenvalue weighted by Crippen LogP contribution is 2.41. The maximum absolute atomic E-state index is 13.1. The summed E-state index contributed by atoms with van der Waals surface area (Å²) in [6, 6.07) is 20.7. The average molecular weight is 419 g/mol. The van der Waals surface area contributed by atoms with E-state index in [1.165, 1.54) is 0 Å². The summed E-state index contributed by atoms with van der Waals surface area (Å²) < 4.78 is 5.23. The summed E-state index contributed by atoms with van der Waals surface area (Å²) in [5, 5.41) is 2.95. The Morgan fingerprint density at radius 3 is 2.67 bits per heavy atom. The summed E-state index contributed by atoms with van der Waals surface area (Å²) >= 11 is 1.55. The molecule has 0 bridgehead atoms. The highest BCUT2D eigenvalue weighted by Gasteiger charge is 2.26. The number of carbonyl (C=O) groups is 2. The van der Waals surface area contributed by atoms with Crippen LogP contribution in [-0.4, -0.2) is 25.5 Å². The molecule has 0 aliphatic carbocycles. The van der Waals surface area contributed by atoms with Gasteiger partial charge in [-0.3, -0.25) is 9.59 Å². The van der Waals surface area contributed by atoms with Crippen molar-refractivity contribution in [2.24, 2.45) is 0 Å². The van der Waals surface area contributed by atoms with Gasteiger partial charge in [0.2, 0.25) is 0 Å². The number of amides is 2. The van der Waals surface area contributed by atoms with Gasteiger partial charge in [0.25, 0.3) is 11.8 Å². The Morgan fingerprint density at radius 1 is 1.03 bits per heavy atom. The van der Waals surface area contributed by atoms with Gasteiger partial charge in [-0.15, -0.1) is 0 Å². The molecule has 0 spiro atoms. The number of nitrogens with zero attached hydrogens (tertiary/aromatic N) is 1. The van der Waals surface area contributed by atoms with Gasteiger partial charge in [-0.05, 0) is 55.0 Å². The molecule has 1 heterocycles. The number of nitrogens with one attached hydrogen (secondary N) is 1. The van der Waals surface area contributed by atoms with E-state index in [1.54, 1.807) is 35.9 Å². The number of hydrogen-bond acceptors (Lipinski definition) is 4. The van der Waals surface area contributed by atoms with Crippen molar-refractivity contribution in [1.82, 2.24) is 5.32 Å². The molecule has 0 aromatic heterocycles. The van der Waals surface area contributed by atoms with Crippen molar-refractivity contribution in [2.75, 3.05) is 18.6 Å². The van der Waals surface area contributed by atoms with Crippen molar-refractivity contribution in [3.63, 3.8) is 0 Å². The van der Waals surface area contributed by atoms with Gasteiger partial charge in [-0.1, -0.05) is 36.0 Å². The van der Waals surface area contributed by atoms with Gasteiger partial charge in [0.05, 0.1) is 18.4 Å². The molecule has 6 heteroatoms. The molecule has 0 unspecified atom stereocenters. The largest absolute Gasteiger partial charge is 0.497 e. The summed E-state index contributed by atoms with van der Waals surface area (Å²) in [4.78, 5) is 29.5. The van der Waals surface area contributed by atoms with Crippen LogP contribution in [-0.2, 0) is 6.54 Å². The molecular formula is C24H22N2O3S. The van der Waals surface area contributed by atoms with Crippen molar-refractivity contribution in [3.8, 4) is 5.75 Å². The summed E-state index contributed by atoms with van der Waals surface area (Å²) in [5.74, 6) is 0.518. The summed E-state index contributed by atoms with van der Waals surface area (Å²) in [6.45, 7) is 2.86. The predicted molar refractivity (Wildman–Crippen MR) is 119 cm³/mol. The maximum atomic E-state index is 13.1. The highest BCUT2D eigenvalue weighted by atomic mass is 32.2. The van der Waals surface area contributed by atoms with Gasteiger partial charge < -0.3 is 15.0 Å². The van der Waals surface area contributed by atoms with Crippen LogP contribution < -0.4 is 15.0 Å². The second-order valence-corrected chi connectivity index (χ2v) is 7.95. The Balaban J connectivity index is 1.59. The third-order valence-electron chi connectivity index (χ3n) is 5.00. The van der Waals surface area contributed by atoms with Crippen LogP contribution >= 0.6 is 11.8 Å². The van der Waals surface area contributed by atoms with Crippen LogP contribution in [0.15, 0.2) is 76.5 Å². The van der Waals surface area contributed by atoms with E-state index >= 15 is 0 Å². The lowest BCUT2D eigenvalue weighted by molar-refractivity contribution is 0.0947. The average Bonchev–Trinajstić information content (AvgIpc) is 2.90. The molecule has 4 rings (SSSR count). The molecule has 0 fully saturated rings. The Labute approximate surface area is 180 Å². The maximum Gasteiger partial charge on any atom is 0.259 e. The standard InChI is InChI=1S/C24H22N2O3S/c1-3-26-20-14-17(23(27)25-15-16-7-6-8-18(13-16)29-2)11-12-22(20)30-21-10-5-4-9-19(21)24(26)28/h4-14H,3,15H2,1-2H3,(H,25,27). The van der Waals surface area contributed by atoms with Crippen molar-refractivity contribution >= 4 is 29.3 Å². The molecule has 0 saturated carbocycles. The number of fused-ring (bicyclic) bond motifs is 2. The number of benzene rings is 3. The van der Waals surface area contributed by atoms with Crippen molar-refractivity contribution in [3.05, 3.63) is 83.4 Å². The molecular weight excluding hydrogens is 396 g/mol. The summed E-state index contributed by atoms with van der Waals surface area (Å²) in [5.41, 5.74) is 2.92. The molecule has 5 nitrogen and oxygen atoms in total. The van der Waals surface area contributed by atoms with Crippen LogP contribution in [0.25, 0.3) is 0 Å². The van der Waals surface area contributed by atoms with Crippen LogP contribution in [0.5, 0.6) is 5.75 Å². The second kappa shape index (κ2) is 8.63. The van der Waals surface area contributed by atoms with E-state index in [-0.39, 0.29) is 11.8 Å². The van der Waals surface area contributed by atoms with E-state index in [2.05, 4.69) is 5.32 Å². The molecule has 2 amide bonds. The third kappa shape index (κ3) is 3.91. The normalized spacial score (nSPS) is 12.6. The minimum absolute atomic E-state index is 0.0479. The number of methoxy groups -OCH3 is 1. The van der Waals surface area contributed by atoms with E-state index in [0.717, 1.165) is 26.8 Å². The lowest BCUT2D eigenvalue weighted by atomic mass is 10.1. The number of carbonyl (C=O) groups excluding carboxylic acids is 2. The predicted octanol–water partition coefficient (Wildman–Crippen LogP) is 4.76. The molecule has 1 N–H and O–H groups in total. The topological polar surface area (TPSA) is 58.6 Å². The van der Waals surface area contributed by atoms with Gasteiger partial charge >= 0.3 is 0 Å². The van der Waals surface area contributed by atoms with Gasteiger partial charge in [-0.25, -0.2) is 0 Å². The zero-order valence-corrected chi connectivity index (χ0v) is 17.7. The molecule has 0 saturated heterocycles. The van der Waals surface area contributed by atoms with Gasteiger partial charge in [0.15, 0.2) is 0 Å². The zero-order chi connectivity index (χ0) is 21.1. The van der Waals surface area contributed by atoms with Gasteiger partial charge in [0.1, 0.15) is 5.75 Å². The molecule has 3 aromatic carbocycles. The number of anilines is 1.